The minimum absolute atomic E-state index is 0.134. The van der Waals surface area contributed by atoms with E-state index in [2.05, 4.69) is 15.6 Å². The van der Waals surface area contributed by atoms with Gasteiger partial charge in [0.15, 0.2) is 0 Å². The molecule has 0 bridgehead atoms. The summed E-state index contributed by atoms with van der Waals surface area (Å²) in [6.45, 7) is 0.449. The largest absolute Gasteiger partial charge is 0.330 e. The van der Waals surface area contributed by atoms with Gasteiger partial charge in [-0.05, 0) is 55.6 Å². The van der Waals surface area contributed by atoms with Crippen LogP contribution in [0.2, 0.25) is 0 Å². The zero-order valence-electron chi connectivity index (χ0n) is 14.2. The molecular weight excluding hydrogens is 335 g/mol. The third-order valence-corrected chi connectivity index (χ3v) is 4.68. The first-order chi connectivity index (χ1) is 12.6. The zero-order chi connectivity index (χ0) is 18.5. The molecule has 26 heavy (non-hydrogen) atoms. The molecule has 3 rings (SSSR count). The van der Waals surface area contributed by atoms with Crippen LogP contribution < -0.4 is 16.4 Å². The number of anilines is 2. The monoisotopic (exact) mass is 356 g/mol. The first kappa shape index (κ1) is 18.0. The number of pyridine rings is 1. The fourth-order valence-electron chi connectivity index (χ4n) is 3.30. The number of aromatic nitrogens is 1. The SMILES string of the molecule is NC[C@H]1CCC[C@H]1C(=O)Nc1cc(F)ccc1NC(=O)c1ccccn1. The van der Waals surface area contributed by atoms with Crippen LogP contribution in [-0.4, -0.2) is 23.3 Å². The van der Waals surface area contributed by atoms with Gasteiger partial charge in [-0.1, -0.05) is 12.5 Å². The van der Waals surface area contributed by atoms with Gasteiger partial charge >= 0.3 is 0 Å². The molecule has 7 heteroatoms. The normalized spacial score (nSPS) is 19.2. The molecule has 0 spiro atoms. The van der Waals surface area contributed by atoms with Crippen molar-refractivity contribution in [2.75, 3.05) is 17.2 Å². The maximum absolute atomic E-state index is 13.7. The molecule has 0 saturated heterocycles. The molecule has 6 nitrogen and oxygen atoms in total. The molecule has 0 unspecified atom stereocenters. The van der Waals surface area contributed by atoms with Crippen LogP contribution in [0, 0.1) is 17.7 Å². The number of hydrogen-bond donors (Lipinski definition) is 3. The summed E-state index contributed by atoms with van der Waals surface area (Å²) in [5, 5.41) is 5.41. The number of carbonyl (C=O) groups is 2. The van der Waals surface area contributed by atoms with Gasteiger partial charge < -0.3 is 16.4 Å². The maximum Gasteiger partial charge on any atom is 0.274 e. The standard InChI is InChI=1S/C19H21FN4O2/c20-13-7-8-15(23-19(26)16-6-1-2-9-22-16)17(10-13)24-18(25)14-5-3-4-12(14)11-21/h1-2,6-10,12,14H,3-5,11,21H2,(H,23,26)(H,24,25)/t12-,14-/m1/s1. The molecule has 4 N–H and O–H groups in total. The maximum atomic E-state index is 13.7. The summed E-state index contributed by atoms with van der Waals surface area (Å²) in [6.07, 6.45) is 4.14. The molecule has 136 valence electrons. The van der Waals surface area contributed by atoms with Crippen LogP contribution in [0.25, 0.3) is 0 Å². The Morgan fingerprint density at radius 2 is 2.00 bits per heavy atom. The molecule has 2 aromatic rings. The van der Waals surface area contributed by atoms with Crippen molar-refractivity contribution in [3.8, 4) is 0 Å². The van der Waals surface area contributed by atoms with E-state index in [-0.39, 0.29) is 29.1 Å². The highest BCUT2D eigenvalue weighted by molar-refractivity contribution is 6.06. The minimum Gasteiger partial charge on any atom is -0.330 e. The van der Waals surface area contributed by atoms with E-state index >= 15 is 0 Å². The summed E-state index contributed by atoms with van der Waals surface area (Å²) < 4.78 is 13.7. The van der Waals surface area contributed by atoms with E-state index in [0.717, 1.165) is 19.3 Å². The number of halogens is 1. The Balaban J connectivity index is 1.78. The third kappa shape index (κ3) is 4.05. The number of carbonyl (C=O) groups excluding carboxylic acids is 2. The molecule has 1 fully saturated rings. The summed E-state index contributed by atoms with van der Waals surface area (Å²) in [6, 6.07) is 8.81. The predicted molar refractivity (Wildman–Crippen MR) is 97.1 cm³/mol. The first-order valence-corrected chi connectivity index (χ1v) is 8.61. The van der Waals surface area contributed by atoms with E-state index in [1.807, 2.05) is 0 Å². The molecule has 0 aliphatic heterocycles. The van der Waals surface area contributed by atoms with E-state index in [4.69, 9.17) is 5.73 Å². The van der Waals surface area contributed by atoms with Crippen molar-refractivity contribution in [1.82, 2.24) is 4.98 Å². The van der Waals surface area contributed by atoms with Crippen LogP contribution in [-0.2, 0) is 4.79 Å². The number of benzene rings is 1. The lowest BCUT2D eigenvalue weighted by Gasteiger charge is -2.19. The fourth-order valence-corrected chi connectivity index (χ4v) is 3.30. The van der Waals surface area contributed by atoms with E-state index < -0.39 is 11.7 Å². The van der Waals surface area contributed by atoms with Crippen LogP contribution in [0.1, 0.15) is 29.8 Å². The van der Waals surface area contributed by atoms with Gasteiger partial charge in [-0.2, -0.15) is 0 Å². The topological polar surface area (TPSA) is 97.1 Å². The second kappa shape index (κ2) is 8.05. The minimum atomic E-state index is -0.502. The Bertz CT molecular complexity index is 797. The molecule has 0 radical (unpaired) electrons. The molecule has 1 aromatic carbocycles. The summed E-state index contributed by atoms with van der Waals surface area (Å²) >= 11 is 0. The quantitative estimate of drug-likeness (QED) is 0.767. The number of nitrogens with one attached hydrogen (secondary N) is 2. The molecular formula is C19H21FN4O2. The Labute approximate surface area is 151 Å². The molecule has 1 heterocycles. The smallest absolute Gasteiger partial charge is 0.274 e. The second-order valence-corrected chi connectivity index (χ2v) is 6.38. The van der Waals surface area contributed by atoms with E-state index in [0.29, 0.717) is 12.2 Å². The van der Waals surface area contributed by atoms with Gasteiger partial charge in [0.1, 0.15) is 11.5 Å². The van der Waals surface area contributed by atoms with Gasteiger partial charge in [0.05, 0.1) is 11.4 Å². The number of nitrogens with two attached hydrogens (primary N) is 1. The molecule has 1 aromatic heterocycles. The average molecular weight is 356 g/mol. The van der Waals surface area contributed by atoms with Crippen molar-refractivity contribution in [3.63, 3.8) is 0 Å². The van der Waals surface area contributed by atoms with Gasteiger partial charge in [0, 0.05) is 12.1 Å². The average Bonchev–Trinajstić information content (AvgIpc) is 3.13. The lowest BCUT2D eigenvalue weighted by molar-refractivity contribution is -0.120. The summed E-state index contributed by atoms with van der Waals surface area (Å²) in [5.74, 6) is -1.19. The Morgan fingerprint density at radius 1 is 1.15 bits per heavy atom. The summed E-state index contributed by atoms with van der Waals surface area (Å²) in [5.41, 5.74) is 6.51. The Hall–Kier alpha value is -2.80. The van der Waals surface area contributed by atoms with E-state index in [9.17, 15) is 14.0 Å². The van der Waals surface area contributed by atoms with Crippen LogP contribution in [0.15, 0.2) is 42.6 Å². The van der Waals surface area contributed by atoms with Crippen LogP contribution in [0.4, 0.5) is 15.8 Å². The molecule has 1 aliphatic carbocycles. The lowest BCUT2D eigenvalue weighted by atomic mass is 9.95. The zero-order valence-corrected chi connectivity index (χ0v) is 14.2. The highest BCUT2D eigenvalue weighted by Gasteiger charge is 2.32. The van der Waals surface area contributed by atoms with Crippen molar-refractivity contribution in [3.05, 3.63) is 54.1 Å². The number of nitrogens with zero attached hydrogens (tertiary/aromatic N) is 1. The van der Waals surface area contributed by atoms with Gasteiger partial charge in [-0.3, -0.25) is 14.6 Å². The lowest BCUT2D eigenvalue weighted by Crippen LogP contribution is -2.30. The number of rotatable bonds is 5. The molecule has 1 aliphatic rings. The Morgan fingerprint density at radius 3 is 2.73 bits per heavy atom. The fraction of sp³-hybridized carbons (Fsp3) is 0.316. The highest BCUT2D eigenvalue weighted by Crippen LogP contribution is 2.33. The highest BCUT2D eigenvalue weighted by atomic mass is 19.1. The second-order valence-electron chi connectivity index (χ2n) is 6.38. The van der Waals surface area contributed by atoms with Crippen LogP contribution >= 0.6 is 0 Å². The van der Waals surface area contributed by atoms with Crippen LogP contribution in [0.5, 0.6) is 0 Å². The third-order valence-electron chi connectivity index (χ3n) is 4.68. The van der Waals surface area contributed by atoms with Crippen molar-refractivity contribution in [1.29, 1.82) is 0 Å². The molecule has 1 saturated carbocycles. The summed E-state index contributed by atoms with van der Waals surface area (Å²) in [7, 11) is 0. The van der Waals surface area contributed by atoms with Gasteiger partial charge in [0.25, 0.3) is 5.91 Å². The number of hydrogen-bond acceptors (Lipinski definition) is 4. The molecule has 2 amide bonds. The molecule has 2 atom stereocenters. The van der Waals surface area contributed by atoms with E-state index in [1.165, 1.54) is 24.4 Å². The summed E-state index contributed by atoms with van der Waals surface area (Å²) in [4.78, 5) is 28.9. The van der Waals surface area contributed by atoms with Crippen LogP contribution in [0.3, 0.4) is 0 Å². The van der Waals surface area contributed by atoms with Crippen molar-refractivity contribution >= 4 is 23.2 Å². The first-order valence-electron chi connectivity index (χ1n) is 8.61. The van der Waals surface area contributed by atoms with Crippen molar-refractivity contribution in [2.24, 2.45) is 17.6 Å². The van der Waals surface area contributed by atoms with Gasteiger partial charge in [-0.25, -0.2) is 4.39 Å². The van der Waals surface area contributed by atoms with Gasteiger partial charge in [-0.15, -0.1) is 0 Å². The predicted octanol–water partition coefficient (Wildman–Crippen LogP) is 2.79. The number of amides is 2. The van der Waals surface area contributed by atoms with Crippen molar-refractivity contribution in [2.45, 2.75) is 19.3 Å². The van der Waals surface area contributed by atoms with E-state index in [1.54, 1.807) is 18.2 Å². The van der Waals surface area contributed by atoms with Gasteiger partial charge in [0.2, 0.25) is 5.91 Å². The van der Waals surface area contributed by atoms with Crippen molar-refractivity contribution < 1.29 is 14.0 Å². The Kier molecular flexibility index (Phi) is 5.58.